The van der Waals surface area contributed by atoms with Gasteiger partial charge in [0.2, 0.25) is 0 Å². The summed E-state index contributed by atoms with van der Waals surface area (Å²) in [4.78, 5) is 2.35. The first-order valence-electron chi connectivity index (χ1n) is 6.66. The highest BCUT2D eigenvalue weighted by Gasteiger charge is 2.35. The minimum absolute atomic E-state index is 0.0890. The number of aromatic nitrogens is 2. The van der Waals surface area contributed by atoms with Crippen molar-refractivity contribution in [2.45, 2.75) is 51.9 Å². The molecule has 1 aliphatic rings. The number of nitrogens with zero attached hydrogens (tertiary/aromatic N) is 3. The smallest absolute Gasteiger partial charge is 0.301 e. The van der Waals surface area contributed by atoms with Crippen LogP contribution in [0.25, 0.3) is 0 Å². The van der Waals surface area contributed by atoms with Gasteiger partial charge in [-0.15, -0.1) is 0 Å². The molecular weight excluding hydrogens is 255 g/mol. The molecule has 0 unspecified atom stereocenters. The molecule has 1 aliphatic heterocycles. The van der Waals surface area contributed by atoms with Crippen LogP contribution in [0.15, 0.2) is 6.07 Å². The normalized spacial score (nSPS) is 19.3. The quantitative estimate of drug-likeness (QED) is 0.826. The lowest BCUT2D eigenvalue weighted by Crippen LogP contribution is -2.39. The van der Waals surface area contributed by atoms with Gasteiger partial charge in [0.1, 0.15) is 0 Å². The number of aryl methyl sites for hydroxylation is 1. The molecule has 108 valence electrons. The van der Waals surface area contributed by atoms with Crippen molar-refractivity contribution in [1.82, 2.24) is 14.7 Å². The van der Waals surface area contributed by atoms with E-state index in [1.807, 2.05) is 0 Å². The largest absolute Gasteiger partial charge is 0.435 e. The summed E-state index contributed by atoms with van der Waals surface area (Å²) >= 11 is 0. The summed E-state index contributed by atoms with van der Waals surface area (Å²) in [5.74, 6) is 0. The van der Waals surface area contributed by atoms with Gasteiger partial charge in [-0.25, -0.2) is 0 Å². The SMILES string of the molecule is Cc1cc(C(F)(F)F)nn1C1CCN(C(C)C)CC1. The Bertz CT molecular complexity index is 429. The predicted octanol–water partition coefficient (Wildman–Crippen LogP) is 3.26. The molecule has 0 bridgehead atoms. The molecule has 0 amide bonds. The van der Waals surface area contributed by atoms with Gasteiger partial charge in [0, 0.05) is 24.8 Å². The van der Waals surface area contributed by atoms with Crippen molar-refractivity contribution < 1.29 is 13.2 Å². The Kier molecular flexibility index (Phi) is 3.90. The standard InChI is InChI=1S/C13H20F3N3/c1-9(2)18-6-4-11(5-7-18)19-10(3)8-12(17-19)13(14,15)16/h8-9,11H,4-7H2,1-3H3. The second-order valence-electron chi connectivity index (χ2n) is 5.47. The molecule has 1 aromatic heterocycles. The van der Waals surface area contributed by atoms with Crippen LogP contribution < -0.4 is 0 Å². The predicted molar refractivity (Wildman–Crippen MR) is 66.9 cm³/mol. The van der Waals surface area contributed by atoms with E-state index in [2.05, 4.69) is 23.8 Å². The molecule has 1 aromatic rings. The Labute approximate surface area is 111 Å². The second kappa shape index (κ2) is 5.15. The van der Waals surface area contributed by atoms with Crippen LogP contribution >= 0.6 is 0 Å². The summed E-state index contributed by atoms with van der Waals surface area (Å²) in [5.41, 5.74) is -0.188. The van der Waals surface area contributed by atoms with Gasteiger partial charge >= 0.3 is 6.18 Å². The molecule has 0 atom stereocenters. The lowest BCUT2D eigenvalue weighted by molar-refractivity contribution is -0.141. The molecule has 1 fully saturated rings. The molecule has 2 rings (SSSR count). The van der Waals surface area contributed by atoms with E-state index >= 15 is 0 Å². The van der Waals surface area contributed by atoms with Gasteiger partial charge in [-0.1, -0.05) is 0 Å². The van der Waals surface area contributed by atoms with Crippen molar-refractivity contribution in [3.63, 3.8) is 0 Å². The van der Waals surface area contributed by atoms with Crippen molar-refractivity contribution in [3.05, 3.63) is 17.5 Å². The number of rotatable bonds is 2. The van der Waals surface area contributed by atoms with E-state index < -0.39 is 11.9 Å². The van der Waals surface area contributed by atoms with Gasteiger partial charge in [0.15, 0.2) is 5.69 Å². The Balaban J connectivity index is 2.10. The first-order valence-corrected chi connectivity index (χ1v) is 6.66. The van der Waals surface area contributed by atoms with Gasteiger partial charge in [-0.2, -0.15) is 18.3 Å². The van der Waals surface area contributed by atoms with E-state index in [1.165, 1.54) is 0 Å². The Morgan fingerprint density at radius 1 is 1.26 bits per heavy atom. The summed E-state index contributed by atoms with van der Waals surface area (Å²) < 4.78 is 39.5. The zero-order chi connectivity index (χ0) is 14.2. The summed E-state index contributed by atoms with van der Waals surface area (Å²) in [6.07, 6.45) is -2.63. The molecule has 0 aromatic carbocycles. The van der Waals surface area contributed by atoms with Crippen LogP contribution in [0.1, 0.15) is 44.1 Å². The topological polar surface area (TPSA) is 21.1 Å². The van der Waals surface area contributed by atoms with E-state index in [0.29, 0.717) is 11.7 Å². The van der Waals surface area contributed by atoms with Crippen LogP contribution in [0.3, 0.4) is 0 Å². The molecule has 19 heavy (non-hydrogen) atoms. The molecule has 0 N–H and O–H groups in total. The molecule has 0 aliphatic carbocycles. The van der Waals surface area contributed by atoms with Crippen LogP contribution in [0.2, 0.25) is 0 Å². The summed E-state index contributed by atoms with van der Waals surface area (Å²) in [6.45, 7) is 7.81. The van der Waals surface area contributed by atoms with E-state index in [4.69, 9.17) is 0 Å². The zero-order valence-electron chi connectivity index (χ0n) is 11.5. The molecule has 1 saturated heterocycles. The van der Waals surface area contributed by atoms with Crippen LogP contribution in [-0.2, 0) is 6.18 Å². The second-order valence-corrected chi connectivity index (χ2v) is 5.47. The number of alkyl halides is 3. The number of piperidine rings is 1. The lowest BCUT2D eigenvalue weighted by Gasteiger charge is -2.35. The fraction of sp³-hybridized carbons (Fsp3) is 0.769. The summed E-state index contributed by atoms with van der Waals surface area (Å²) in [6, 6.07) is 1.71. The average Bonchev–Trinajstić information content (AvgIpc) is 2.71. The molecule has 6 heteroatoms. The van der Waals surface area contributed by atoms with Gasteiger partial charge in [0.05, 0.1) is 6.04 Å². The minimum atomic E-state index is -4.35. The van der Waals surface area contributed by atoms with Crippen LogP contribution in [0.4, 0.5) is 13.2 Å². The number of halogens is 3. The maximum absolute atomic E-state index is 12.6. The monoisotopic (exact) mass is 275 g/mol. The van der Waals surface area contributed by atoms with E-state index in [9.17, 15) is 13.2 Å². The molecule has 0 radical (unpaired) electrons. The fourth-order valence-corrected chi connectivity index (χ4v) is 2.64. The number of hydrogen-bond acceptors (Lipinski definition) is 2. The molecule has 3 nitrogen and oxygen atoms in total. The Morgan fingerprint density at radius 3 is 2.26 bits per heavy atom. The van der Waals surface area contributed by atoms with Gasteiger partial charge in [-0.3, -0.25) is 4.68 Å². The molecule has 2 heterocycles. The van der Waals surface area contributed by atoms with Crippen LogP contribution in [-0.4, -0.2) is 33.8 Å². The zero-order valence-corrected chi connectivity index (χ0v) is 11.5. The summed E-state index contributed by atoms with van der Waals surface area (Å²) in [7, 11) is 0. The third kappa shape index (κ3) is 3.11. The number of likely N-dealkylation sites (tertiary alicyclic amines) is 1. The third-order valence-corrected chi connectivity index (χ3v) is 3.79. The molecule has 0 saturated carbocycles. The maximum Gasteiger partial charge on any atom is 0.435 e. The Morgan fingerprint density at radius 2 is 1.84 bits per heavy atom. The maximum atomic E-state index is 12.6. The number of hydrogen-bond donors (Lipinski definition) is 0. The third-order valence-electron chi connectivity index (χ3n) is 3.79. The summed E-state index contributed by atoms with van der Waals surface area (Å²) in [5, 5.41) is 3.75. The van der Waals surface area contributed by atoms with Crippen molar-refractivity contribution >= 4 is 0 Å². The Hall–Kier alpha value is -1.04. The van der Waals surface area contributed by atoms with Gasteiger partial charge in [-0.05, 0) is 39.7 Å². The molecular formula is C13H20F3N3. The van der Waals surface area contributed by atoms with Crippen LogP contribution in [0.5, 0.6) is 0 Å². The van der Waals surface area contributed by atoms with E-state index in [1.54, 1.807) is 11.6 Å². The van der Waals surface area contributed by atoms with Crippen molar-refractivity contribution in [2.24, 2.45) is 0 Å². The van der Waals surface area contributed by atoms with E-state index in [-0.39, 0.29) is 6.04 Å². The van der Waals surface area contributed by atoms with Crippen molar-refractivity contribution in [1.29, 1.82) is 0 Å². The lowest BCUT2D eigenvalue weighted by atomic mass is 10.0. The first-order chi connectivity index (χ1) is 8.79. The highest BCUT2D eigenvalue weighted by molar-refractivity contribution is 5.12. The molecule has 0 spiro atoms. The first kappa shape index (κ1) is 14.4. The van der Waals surface area contributed by atoms with Crippen molar-refractivity contribution in [2.75, 3.05) is 13.1 Å². The average molecular weight is 275 g/mol. The fourth-order valence-electron chi connectivity index (χ4n) is 2.64. The minimum Gasteiger partial charge on any atom is -0.301 e. The van der Waals surface area contributed by atoms with Gasteiger partial charge < -0.3 is 4.90 Å². The van der Waals surface area contributed by atoms with Crippen molar-refractivity contribution in [3.8, 4) is 0 Å². The van der Waals surface area contributed by atoms with E-state index in [0.717, 1.165) is 32.0 Å². The highest BCUT2D eigenvalue weighted by atomic mass is 19.4. The van der Waals surface area contributed by atoms with Gasteiger partial charge in [0.25, 0.3) is 0 Å². The highest BCUT2D eigenvalue weighted by Crippen LogP contribution is 2.31. The van der Waals surface area contributed by atoms with Crippen LogP contribution in [0, 0.1) is 6.92 Å².